The summed E-state index contributed by atoms with van der Waals surface area (Å²) in [6.45, 7) is 0. The lowest BCUT2D eigenvalue weighted by Gasteiger charge is -2.26. The number of furan rings is 1. The van der Waals surface area contributed by atoms with Crippen LogP contribution in [0.1, 0.15) is 0 Å². The van der Waals surface area contributed by atoms with E-state index in [9.17, 15) is 0 Å². The standard InChI is InChI=1S/C64H42N2O/c1-2-12-48-41-50(24-23-43(48)11-1)47-31-37-54(38-32-47)65(52-33-25-44(26-34-52)45-27-39-55(40-28-45)66-60-19-6-3-15-57(60)58-16-4-7-20-61(58)66)53-35-29-46(30-36-53)49-13-9-14-51(42-49)56-18-10-22-63-64(56)59-17-5-8-21-62(59)67-63/h1-42H. The Kier molecular flexibility index (Phi) is 9.17. The van der Waals surface area contributed by atoms with E-state index in [1.54, 1.807) is 0 Å². The third-order valence-corrected chi connectivity index (χ3v) is 13.4. The molecule has 0 atom stereocenters. The van der Waals surface area contributed by atoms with Crippen molar-refractivity contribution in [3.8, 4) is 50.2 Å². The van der Waals surface area contributed by atoms with Crippen molar-refractivity contribution in [3.05, 3.63) is 255 Å². The molecule has 0 spiro atoms. The van der Waals surface area contributed by atoms with Crippen LogP contribution in [0, 0.1) is 0 Å². The zero-order valence-corrected chi connectivity index (χ0v) is 36.6. The molecule has 0 fully saturated rings. The fourth-order valence-electron chi connectivity index (χ4n) is 10.1. The predicted octanol–water partition coefficient (Wildman–Crippen LogP) is 18.0. The smallest absolute Gasteiger partial charge is 0.136 e. The van der Waals surface area contributed by atoms with Gasteiger partial charge in [0.25, 0.3) is 0 Å². The highest BCUT2D eigenvalue weighted by atomic mass is 16.3. The van der Waals surface area contributed by atoms with Crippen LogP contribution >= 0.6 is 0 Å². The van der Waals surface area contributed by atoms with Gasteiger partial charge in [0, 0.05) is 44.3 Å². The van der Waals surface area contributed by atoms with Gasteiger partial charge in [0.1, 0.15) is 11.2 Å². The topological polar surface area (TPSA) is 21.3 Å². The molecule has 2 aromatic heterocycles. The van der Waals surface area contributed by atoms with Crippen LogP contribution in [0.15, 0.2) is 259 Å². The highest BCUT2D eigenvalue weighted by molar-refractivity contribution is 6.12. The fraction of sp³-hybridized carbons (Fsp3) is 0. The van der Waals surface area contributed by atoms with E-state index in [2.05, 4.69) is 252 Å². The maximum atomic E-state index is 6.25. The molecular weight excluding hydrogens is 813 g/mol. The molecule has 2 heterocycles. The van der Waals surface area contributed by atoms with E-state index in [4.69, 9.17) is 4.42 Å². The van der Waals surface area contributed by atoms with Crippen LogP contribution < -0.4 is 4.90 Å². The van der Waals surface area contributed by atoms with Crippen molar-refractivity contribution in [3.63, 3.8) is 0 Å². The minimum Gasteiger partial charge on any atom is -0.456 e. The molecule has 314 valence electrons. The van der Waals surface area contributed by atoms with Gasteiger partial charge in [-0.25, -0.2) is 0 Å². The van der Waals surface area contributed by atoms with Gasteiger partial charge in [0.05, 0.1) is 11.0 Å². The molecule has 0 saturated carbocycles. The van der Waals surface area contributed by atoms with Gasteiger partial charge in [-0.1, -0.05) is 170 Å². The number of hydrogen-bond donors (Lipinski definition) is 0. The van der Waals surface area contributed by atoms with Crippen LogP contribution in [-0.4, -0.2) is 4.57 Å². The summed E-state index contributed by atoms with van der Waals surface area (Å²) < 4.78 is 8.61. The molecule has 0 bridgehead atoms. The average molecular weight is 855 g/mol. The Hall–Kier alpha value is -8.92. The van der Waals surface area contributed by atoms with Crippen molar-refractivity contribution < 1.29 is 4.42 Å². The SMILES string of the molecule is c1cc(-c2ccc(N(c3ccc(-c4ccc(-n5c6ccccc6c6ccccc65)cc4)cc3)c3ccc(-c4ccc5ccccc5c4)cc3)cc2)cc(-c2cccc3oc4ccccc4c23)c1. The highest BCUT2D eigenvalue weighted by Gasteiger charge is 2.17. The van der Waals surface area contributed by atoms with Crippen molar-refractivity contribution in [2.24, 2.45) is 0 Å². The van der Waals surface area contributed by atoms with Gasteiger partial charge in [0.2, 0.25) is 0 Å². The first-order chi connectivity index (χ1) is 33.2. The first kappa shape index (κ1) is 38.5. The van der Waals surface area contributed by atoms with Gasteiger partial charge in [-0.05, 0) is 140 Å². The van der Waals surface area contributed by atoms with E-state index in [1.807, 2.05) is 12.1 Å². The third-order valence-electron chi connectivity index (χ3n) is 13.4. The molecule has 3 nitrogen and oxygen atoms in total. The lowest BCUT2D eigenvalue weighted by atomic mass is 9.96. The zero-order chi connectivity index (χ0) is 44.3. The minimum atomic E-state index is 0.903. The summed E-state index contributed by atoms with van der Waals surface area (Å²) in [7, 11) is 0. The normalized spacial score (nSPS) is 11.6. The number of rotatable bonds is 8. The van der Waals surface area contributed by atoms with Crippen LogP contribution in [0.25, 0.3) is 105 Å². The maximum Gasteiger partial charge on any atom is 0.136 e. The molecule has 67 heavy (non-hydrogen) atoms. The lowest BCUT2D eigenvalue weighted by molar-refractivity contribution is 0.669. The number of nitrogens with zero attached hydrogens (tertiary/aromatic N) is 2. The van der Waals surface area contributed by atoms with Crippen molar-refractivity contribution in [2.45, 2.75) is 0 Å². The molecule has 3 heteroatoms. The molecular formula is C64H42N2O. The Labute approximate surface area is 388 Å². The fourth-order valence-corrected chi connectivity index (χ4v) is 10.1. The molecule has 0 saturated heterocycles. The molecule has 0 radical (unpaired) electrons. The molecule has 0 unspecified atom stereocenters. The van der Waals surface area contributed by atoms with Gasteiger partial charge in [0.15, 0.2) is 0 Å². The first-order valence-electron chi connectivity index (χ1n) is 22.9. The van der Waals surface area contributed by atoms with Crippen molar-refractivity contribution in [1.29, 1.82) is 0 Å². The van der Waals surface area contributed by atoms with E-state index >= 15 is 0 Å². The minimum absolute atomic E-state index is 0.903. The van der Waals surface area contributed by atoms with Crippen molar-refractivity contribution >= 4 is 71.6 Å². The zero-order valence-electron chi connectivity index (χ0n) is 36.6. The van der Waals surface area contributed by atoms with Crippen LogP contribution in [0.4, 0.5) is 17.1 Å². The van der Waals surface area contributed by atoms with Gasteiger partial charge in [-0.2, -0.15) is 0 Å². The maximum absolute atomic E-state index is 6.25. The number of aromatic nitrogens is 1. The van der Waals surface area contributed by atoms with Crippen molar-refractivity contribution in [2.75, 3.05) is 4.90 Å². The second kappa shape index (κ2) is 16.0. The molecule has 0 N–H and O–H groups in total. The summed E-state index contributed by atoms with van der Waals surface area (Å²) >= 11 is 0. The quantitative estimate of drug-likeness (QED) is 0.152. The summed E-state index contributed by atoms with van der Waals surface area (Å²) in [5, 5.41) is 7.30. The Morgan fingerprint density at radius 2 is 0.761 bits per heavy atom. The van der Waals surface area contributed by atoms with Gasteiger partial charge < -0.3 is 13.9 Å². The predicted molar refractivity (Wildman–Crippen MR) is 282 cm³/mol. The van der Waals surface area contributed by atoms with Crippen LogP contribution in [0.5, 0.6) is 0 Å². The van der Waals surface area contributed by atoms with Crippen LogP contribution in [0.2, 0.25) is 0 Å². The number of fused-ring (bicyclic) bond motifs is 7. The van der Waals surface area contributed by atoms with Crippen molar-refractivity contribution in [1.82, 2.24) is 4.57 Å². The summed E-state index contributed by atoms with van der Waals surface area (Å²) in [5.41, 5.74) is 18.0. The molecule has 0 aliphatic heterocycles. The molecule has 0 aliphatic rings. The van der Waals surface area contributed by atoms with Crippen LogP contribution in [0.3, 0.4) is 0 Å². The number of benzene rings is 11. The van der Waals surface area contributed by atoms with Gasteiger partial charge >= 0.3 is 0 Å². The Bertz CT molecular complexity index is 3900. The summed E-state index contributed by atoms with van der Waals surface area (Å²) in [4.78, 5) is 2.35. The molecule has 13 aromatic rings. The third kappa shape index (κ3) is 6.76. The second-order valence-electron chi connectivity index (χ2n) is 17.3. The Morgan fingerprint density at radius 3 is 1.40 bits per heavy atom. The molecule has 11 aromatic carbocycles. The number of para-hydroxylation sites is 3. The summed E-state index contributed by atoms with van der Waals surface area (Å²) in [6.07, 6.45) is 0. The lowest BCUT2D eigenvalue weighted by Crippen LogP contribution is -2.09. The number of anilines is 3. The molecule has 0 amide bonds. The van der Waals surface area contributed by atoms with E-state index < -0.39 is 0 Å². The van der Waals surface area contributed by atoms with E-state index in [0.29, 0.717) is 0 Å². The number of hydrogen-bond acceptors (Lipinski definition) is 2. The molecule has 0 aliphatic carbocycles. The van der Waals surface area contributed by atoms with E-state index in [1.165, 1.54) is 60.4 Å². The Morgan fingerprint density at radius 1 is 0.299 bits per heavy atom. The average Bonchev–Trinajstić information content (AvgIpc) is 3.96. The highest BCUT2D eigenvalue weighted by Crippen LogP contribution is 2.41. The summed E-state index contributed by atoms with van der Waals surface area (Å²) in [5.74, 6) is 0. The van der Waals surface area contributed by atoms with Crippen LogP contribution in [-0.2, 0) is 0 Å². The largest absolute Gasteiger partial charge is 0.456 e. The monoisotopic (exact) mass is 854 g/mol. The second-order valence-corrected chi connectivity index (χ2v) is 17.3. The summed E-state index contributed by atoms with van der Waals surface area (Å²) in [6, 6.07) is 91.9. The van der Waals surface area contributed by atoms with E-state index in [-0.39, 0.29) is 0 Å². The van der Waals surface area contributed by atoms with Gasteiger partial charge in [-0.15, -0.1) is 0 Å². The first-order valence-corrected chi connectivity index (χ1v) is 22.9. The van der Waals surface area contributed by atoms with E-state index in [0.717, 1.165) is 61.4 Å². The Balaban J connectivity index is 0.845. The molecule has 13 rings (SSSR count). The van der Waals surface area contributed by atoms with Gasteiger partial charge in [-0.3, -0.25) is 0 Å².